The molecule has 2 amide bonds. The minimum Gasteiger partial charge on any atom is -0.496 e. The van der Waals surface area contributed by atoms with E-state index in [1.54, 1.807) is 7.11 Å². The van der Waals surface area contributed by atoms with Crippen LogP contribution in [0.5, 0.6) is 5.75 Å². The van der Waals surface area contributed by atoms with Gasteiger partial charge in [0.15, 0.2) is 0 Å². The lowest BCUT2D eigenvalue weighted by atomic mass is 10.1. The van der Waals surface area contributed by atoms with Gasteiger partial charge < -0.3 is 21.1 Å². The topological polar surface area (TPSA) is 93.5 Å². The summed E-state index contributed by atoms with van der Waals surface area (Å²) in [6.45, 7) is 2.11. The molecule has 6 heteroatoms. The molecule has 0 spiro atoms. The third-order valence-electron chi connectivity index (χ3n) is 2.55. The van der Waals surface area contributed by atoms with Gasteiger partial charge in [-0.25, -0.2) is 0 Å². The van der Waals surface area contributed by atoms with Crippen molar-refractivity contribution >= 4 is 11.8 Å². The molecular formula is C13H19N3O3. The summed E-state index contributed by atoms with van der Waals surface area (Å²) >= 11 is 0. The zero-order valence-electron chi connectivity index (χ0n) is 11.2. The maximum absolute atomic E-state index is 11.5. The van der Waals surface area contributed by atoms with Crippen LogP contribution in [0.1, 0.15) is 11.1 Å². The summed E-state index contributed by atoms with van der Waals surface area (Å²) in [5.74, 6) is 0.0961. The number of aryl methyl sites for hydroxylation is 1. The van der Waals surface area contributed by atoms with Gasteiger partial charge in [-0.2, -0.15) is 0 Å². The van der Waals surface area contributed by atoms with Gasteiger partial charge in [0, 0.05) is 12.1 Å². The van der Waals surface area contributed by atoms with E-state index in [1.165, 1.54) is 0 Å². The smallest absolute Gasteiger partial charge is 0.239 e. The number of carbonyl (C=O) groups excluding carboxylic acids is 2. The fraction of sp³-hybridized carbons (Fsp3) is 0.385. The molecule has 0 fully saturated rings. The van der Waals surface area contributed by atoms with Crippen LogP contribution in [0.2, 0.25) is 0 Å². The molecule has 0 unspecified atom stereocenters. The van der Waals surface area contributed by atoms with E-state index in [0.717, 1.165) is 16.9 Å². The highest BCUT2D eigenvalue weighted by Crippen LogP contribution is 2.19. The van der Waals surface area contributed by atoms with Crippen molar-refractivity contribution in [2.24, 2.45) is 5.73 Å². The number of hydrogen-bond donors (Lipinski definition) is 3. The van der Waals surface area contributed by atoms with E-state index >= 15 is 0 Å². The third kappa shape index (κ3) is 4.97. The predicted molar refractivity (Wildman–Crippen MR) is 71.6 cm³/mol. The Kier molecular flexibility index (Phi) is 5.81. The van der Waals surface area contributed by atoms with Crippen LogP contribution in [-0.2, 0) is 16.1 Å². The van der Waals surface area contributed by atoms with Crippen LogP contribution in [0.3, 0.4) is 0 Å². The monoisotopic (exact) mass is 265 g/mol. The van der Waals surface area contributed by atoms with E-state index in [0.29, 0.717) is 6.54 Å². The van der Waals surface area contributed by atoms with E-state index in [4.69, 9.17) is 10.5 Å². The Hall–Kier alpha value is -2.08. The summed E-state index contributed by atoms with van der Waals surface area (Å²) in [7, 11) is 1.58. The lowest BCUT2D eigenvalue weighted by Crippen LogP contribution is -2.39. The van der Waals surface area contributed by atoms with Gasteiger partial charge in [-0.3, -0.25) is 9.59 Å². The number of methoxy groups -OCH3 is 1. The number of rotatable bonds is 6. The second kappa shape index (κ2) is 7.38. The van der Waals surface area contributed by atoms with Crippen molar-refractivity contribution in [3.8, 4) is 5.75 Å². The van der Waals surface area contributed by atoms with E-state index < -0.39 is 0 Å². The number of carbonyl (C=O) groups is 2. The molecule has 1 aromatic rings. The summed E-state index contributed by atoms with van der Waals surface area (Å²) in [6, 6.07) is 5.74. The van der Waals surface area contributed by atoms with Gasteiger partial charge in [-0.1, -0.05) is 12.1 Å². The maximum Gasteiger partial charge on any atom is 0.239 e. The zero-order chi connectivity index (χ0) is 14.3. The number of nitrogens with one attached hydrogen (secondary N) is 2. The van der Waals surface area contributed by atoms with Gasteiger partial charge in [-0.05, 0) is 18.6 Å². The standard InChI is InChI=1S/C13H19N3O3/c1-9-3-4-10(11(5-9)19-2)7-15-13(18)8-16-12(17)6-14/h3-5H,6-8,14H2,1-2H3,(H,15,18)(H,16,17). The van der Waals surface area contributed by atoms with Crippen LogP contribution in [0.25, 0.3) is 0 Å². The van der Waals surface area contributed by atoms with Crippen molar-refractivity contribution in [2.75, 3.05) is 20.2 Å². The van der Waals surface area contributed by atoms with Crippen LogP contribution in [0.4, 0.5) is 0 Å². The number of ether oxygens (including phenoxy) is 1. The summed E-state index contributed by atoms with van der Waals surface area (Å²) in [5, 5.41) is 5.10. The molecule has 0 saturated heterocycles. The minimum atomic E-state index is -0.358. The summed E-state index contributed by atoms with van der Waals surface area (Å²) in [4.78, 5) is 22.4. The van der Waals surface area contributed by atoms with Gasteiger partial charge in [0.05, 0.1) is 20.2 Å². The van der Waals surface area contributed by atoms with E-state index in [2.05, 4.69) is 10.6 Å². The molecule has 6 nitrogen and oxygen atoms in total. The van der Waals surface area contributed by atoms with Crippen molar-refractivity contribution < 1.29 is 14.3 Å². The second-order valence-electron chi connectivity index (χ2n) is 4.07. The van der Waals surface area contributed by atoms with Crippen molar-refractivity contribution in [2.45, 2.75) is 13.5 Å². The lowest BCUT2D eigenvalue weighted by molar-refractivity contribution is -0.125. The van der Waals surface area contributed by atoms with E-state index in [9.17, 15) is 9.59 Å². The molecular weight excluding hydrogens is 246 g/mol. The third-order valence-corrected chi connectivity index (χ3v) is 2.55. The van der Waals surface area contributed by atoms with Gasteiger partial charge in [0.25, 0.3) is 0 Å². The molecule has 19 heavy (non-hydrogen) atoms. The zero-order valence-corrected chi connectivity index (χ0v) is 11.2. The highest BCUT2D eigenvalue weighted by atomic mass is 16.5. The van der Waals surface area contributed by atoms with Crippen LogP contribution in [0, 0.1) is 6.92 Å². The quantitative estimate of drug-likeness (QED) is 0.658. The summed E-state index contributed by atoms with van der Waals surface area (Å²) in [6.07, 6.45) is 0. The first-order chi connectivity index (χ1) is 9.06. The number of hydrogen-bond acceptors (Lipinski definition) is 4. The Morgan fingerprint density at radius 1 is 1.26 bits per heavy atom. The Labute approximate surface area is 112 Å². The first-order valence-electron chi connectivity index (χ1n) is 5.93. The average molecular weight is 265 g/mol. The van der Waals surface area contributed by atoms with Crippen molar-refractivity contribution in [1.29, 1.82) is 0 Å². The molecule has 0 aromatic heterocycles. The van der Waals surface area contributed by atoms with Gasteiger partial charge in [0.2, 0.25) is 11.8 Å². The molecule has 0 saturated carbocycles. The second-order valence-corrected chi connectivity index (χ2v) is 4.07. The van der Waals surface area contributed by atoms with Crippen molar-refractivity contribution in [3.63, 3.8) is 0 Å². The highest BCUT2D eigenvalue weighted by molar-refractivity contribution is 5.85. The highest BCUT2D eigenvalue weighted by Gasteiger charge is 2.06. The minimum absolute atomic E-state index is 0.0792. The van der Waals surface area contributed by atoms with Crippen molar-refractivity contribution in [1.82, 2.24) is 10.6 Å². The van der Waals surface area contributed by atoms with Crippen molar-refractivity contribution in [3.05, 3.63) is 29.3 Å². The fourth-order valence-electron chi connectivity index (χ4n) is 1.51. The Morgan fingerprint density at radius 3 is 2.63 bits per heavy atom. The molecule has 0 aliphatic heterocycles. The van der Waals surface area contributed by atoms with Crippen LogP contribution >= 0.6 is 0 Å². The Balaban J connectivity index is 2.48. The number of nitrogens with two attached hydrogens (primary N) is 1. The molecule has 0 aliphatic rings. The largest absolute Gasteiger partial charge is 0.496 e. The molecule has 1 aromatic carbocycles. The predicted octanol–water partition coefficient (Wildman–Crippen LogP) is -0.305. The van der Waals surface area contributed by atoms with E-state index in [-0.39, 0.29) is 24.9 Å². The Bertz CT molecular complexity index is 460. The average Bonchev–Trinajstić information content (AvgIpc) is 2.43. The molecule has 0 heterocycles. The first-order valence-corrected chi connectivity index (χ1v) is 5.93. The molecule has 104 valence electrons. The maximum atomic E-state index is 11.5. The van der Waals surface area contributed by atoms with Crippen LogP contribution in [-0.4, -0.2) is 32.0 Å². The van der Waals surface area contributed by atoms with E-state index in [1.807, 2.05) is 25.1 Å². The lowest BCUT2D eigenvalue weighted by Gasteiger charge is -2.11. The molecule has 0 atom stereocenters. The summed E-state index contributed by atoms with van der Waals surface area (Å²) < 4.78 is 5.24. The molecule has 0 bridgehead atoms. The van der Waals surface area contributed by atoms with Crippen LogP contribution < -0.4 is 21.1 Å². The SMILES string of the molecule is COc1cc(C)ccc1CNC(=O)CNC(=O)CN. The molecule has 0 aliphatic carbocycles. The van der Waals surface area contributed by atoms with Crippen LogP contribution in [0.15, 0.2) is 18.2 Å². The molecule has 0 radical (unpaired) electrons. The summed E-state index contributed by atoms with van der Waals surface area (Å²) in [5.41, 5.74) is 7.08. The van der Waals surface area contributed by atoms with Gasteiger partial charge in [-0.15, -0.1) is 0 Å². The normalized spacial score (nSPS) is 9.84. The first kappa shape index (κ1) is 15.0. The van der Waals surface area contributed by atoms with Gasteiger partial charge in [0.1, 0.15) is 5.75 Å². The fourth-order valence-corrected chi connectivity index (χ4v) is 1.51. The number of amides is 2. The Morgan fingerprint density at radius 2 is 2.00 bits per heavy atom. The molecule has 4 N–H and O–H groups in total. The molecule has 1 rings (SSSR count). The van der Waals surface area contributed by atoms with Gasteiger partial charge >= 0.3 is 0 Å². The number of benzene rings is 1.